The van der Waals surface area contributed by atoms with Crippen LogP contribution in [0.15, 0.2) is 243 Å². The number of fused-ring (bicyclic) bond motifs is 12. The molecule has 0 spiro atoms. The molecule has 0 atom stereocenters. The summed E-state index contributed by atoms with van der Waals surface area (Å²) in [6.07, 6.45) is 9.13. The standard InChI is InChI=1S/C78H62N2/c1-51-17-15-23-59(43-51)79(57-19-9-7-10-20-57)61-35-41-69-67-39-33-55(47-73(67)77(3,4)75(69)49-61)29-27-53-31-37-65-66-38-32-54(46-72(66)64-26-14-13-25-63(64)71(65)45-53)28-30-56-34-40-68-70-42-36-62(50-76(70)78(5,6)74(68)48-56)80(58-21-11-8-12-22-58)60-24-16-18-52(2)44-60/h7-50H,1-6H3. The highest BCUT2D eigenvalue weighted by Gasteiger charge is 2.38. The second-order valence-corrected chi connectivity index (χ2v) is 23.2. The summed E-state index contributed by atoms with van der Waals surface area (Å²) in [5.74, 6) is 0. The average molecular weight is 1030 g/mol. The lowest BCUT2D eigenvalue weighted by Crippen LogP contribution is -2.16. The number of benzene rings is 12. The normalized spacial score (nSPS) is 13.7. The van der Waals surface area contributed by atoms with E-state index in [1.54, 1.807) is 0 Å². The predicted octanol–water partition coefficient (Wildman–Crippen LogP) is 21.7. The molecule has 12 aromatic carbocycles. The van der Waals surface area contributed by atoms with Crippen molar-refractivity contribution >= 4 is 90.7 Å². The molecule has 2 aliphatic rings. The first-order valence-corrected chi connectivity index (χ1v) is 28.1. The molecular formula is C78H62N2. The molecule has 2 aliphatic carbocycles. The van der Waals surface area contributed by atoms with Gasteiger partial charge in [-0.25, -0.2) is 0 Å². The van der Waals surface area contributed by atoms with Crippen molar-refractivity contribution in [3.05, 3.63) is 298 Å². The van der Waals surface area contributed by atoms with Crippen molar-refractivity contribution in [3.8, 4) is 22.3 Å². The molecule has 0 bridgehead atoms. The van der Waals surface area contributed by atoms with Crippen LogP contribution >= 0.6 is 0 Å². The molecule has 0 fully saturated rings. The third-order valence-electron chi connectivity index (χ3n) is 17.3. The molecule has 0 aliphatic heterocycles. The molecule has 0 saturated carbocycles. The number of para-hydroxylation sites is 2. The Kier molecular flexibility index (Phi) is 11.7. The largest absolute Gasteiger partial charge is 0.310 e. The lowest BCUT2D eigenvalue weighted by atomic mass is 9.81. The fraction of sp³-hybridized carbons (Fsp3) is 0.103. The van der Waals surface area contributed by atoms with Gasteiger partial charge in [-0.1, -0.05) is 210 Å². The van der Waals surface area contributed by atoms with Crippen molar-refractivity contribution in [2.75, 3.05) is 9.80 Å². The van der Waals surface area contributed by atoms with Gasteiger partial charge in [0.1, 0.15) is 0 Å². The van der Waals surface area contributed by atoms with Gasteiger partial charge in [-0.2, -0.15) is 0 Å². The van der Waals surface area contributed by atoms with Crippen molar-refractivity contribution in [3.63, 3.8) is 0 Å². The zero-order valence-corrected chi connectivity index (χ0v) is 46.3. The fourth-order valence-electron chi connectivity index (χ4n) is 13.1. The van der Waals surface area contributed by atoms with Gasteiger partial charge in [0.25, 0.3) is 0 Å². The molecule has 0 heterocycles. The van der Waals surface area contributed by atoms with Crippen LogP contribution in [0.4, 0.5) is 34.1 Å². The molecule has 0 saturated heterocycles. The van der Waals surface area contributed by atoms with Crippen molar-refractivity contribution in [1.29, 1.82) is 0 Å². The Balaban J connectivity index is 0.733. The summed E-state index contributed by atoms with van der Waals surface area (Å²) in [4.78, 5) is 4.76. The monoisotopic (exact) mass is 1030 g/mol. The van der Waals surface area contributed by atoms with E-state index in [0.29, 0.717) is 0 Å². The maximum Gasteiger partial charge on any atom is 0.0465 e. The first-order valence-electron chi connectivity index (χ1n) is 28.1. The van der Waals surface area contributed by atoms with E-state index in [-0.39, 0.29) is 10.8 Å². The highest BCUT2D eigenvalue weighted by Crippen LogP contribution is 2.53. The second-order valence-electron chi connectivity index (χ2n) is 23.2. The van der Waals surface area contributed by atoms with Gasteiger partial charge >= 0.3 is 0 Å². The smallest absolute Gasteiger partial charge is 0.0465 e. The molecule has 0 unspecified atom stereocenters. The minimum Gasteiger partial charge on any atom is -0.310 e. The quantitative estimate of drug-likeness (QED) is 0.0995. The molecule has 0 N–H and O–H groups in total. The lowest BCUT2D eigenvalue weighted by molar-refractivity contribution is 0.660. The minimum absolute atomic E-state index is 0.176. The Morgan fingerprint density at radius 2 is 0.562 bits per heavy atom. The number of aryl methyl sites for hydroxylation is 2. The number of nitrogens with zero attached hydrogens (tertiary/aromatic N) is 2. The first-order chi connectivity index (χ1) is 39.0. The zero-order chi connectivity index (χ0) is 54.3. The van der Waals surface area contributed by atoms with E-state index in [2.05, 4.69) is 318 Å². The number of hydrogen-bond acceptors (Lipinski definition) is 2. The van der Waals surface area contributed by atoms with Crippen LogP contribution < -0.4 is 9.80 Å². The van der Waals surface area contributed by atoms with Gasteiger partial charge < -0.3 is 9.80 Å². The van der Waals surface area contributed by atoms with E-state index < -0.39 is 0 Å². The van der Waals surface area contributed by atoms with Crippen LogP contribution in [0.2, 0.25) is 0 Å². The van der Waals surface area contributed by atoms with Gasteiger partial charge in [-0.3, -0.25) is 0 Å². The van der Waals surface area contributed by atoms with E-state index in [1.807, 2.05) is 0 Å². The summed E-state index contributed by atoms with van der Waals surface area (Å²) < 4.78 is 0. The molecule has 0 radical (unpaired) electrons. The highest BCUT2D eigenvalue weighted by molar-refractivity contribution is 6.26. The van der Waals surface area contributed by atoms with Gasteiger partial charge in [0, 0.05) is 45.0 Å². The third kappa shape index (κ3) is 8.34. The Hall–Kier alpha value is -9.50. The Morgan fingerprint density at radius 3 is 0.963 bits per heavy atom. The molecule has 14 rings (SSSR count). The van der Waals surface area contributed by atoms with E-state index in [0.717, 1.165) is 22.7 Å². The van der Waals surface area contributed by atoms with Crippen molar-refractivity contribution in [2.45, 2.75) is 52.4 Å². The Bertz CT molecular complexity index is 4190. The summed E-state index contributed by atoms with van der Waals surface area (Å²) >= 11 is 0. The minimum atomic E-state index is -0.176. The Labute approximate surface area is 470 Å². The Morgan fingerprint density at radius 1 is 0.250 bits per heavy atom. The third-order valence-corrected chi connectivity index (χ3v) is 17.3. The second kappa shape index (κ2) is 19.1. The van der Waals surface area contributed by atoms with Crippen LogP contribution in [0.1, 0.15) is 83.3 Å². The van der Waals surface area contributed by atoms with E-state index in [4.69, 9.17) is 0 Å². The number of anilines is 6. The van der Waals surface area contributed by atoms with E-state index in [9.17, 15) is 0 Å². The average Bonchev–Trinajstić information content (AvgIpc) is 4.02. The van der Waals surface area contributed by atoms with E-state index >= 15 is 0 Å². The SMILES string of the molecule is Cc1cccc(N(c2ccccc2)c2ccc3c(c2)C(C)(C)c2cc(C=Cc4ccc5c6ccc(C=Cc7ccc8c(c7)C(C)(C)c7cc(N(c9ccccc9)c9cccc(C)c9)ccc7-8)cc6c6ccccc6c5c4)ccc2-3)c1. The van der Waals surface area contributed by atoms with Gasteiger partial charge in [0.05, 0.1) is 0 Å². The highest BCUT2D eigenvalue weighted by atomic mass is 15.1. The summed E-state index contributed by atoms with van der Waals surface area (Å²) in [6, 6.07) is 90.0. The maximum absolute atomic E-state index is 2.41. The van der Waals surface area contributed by atoms with Gasteiger partial charge in [-0.05, 0) is 209 Å². The number of hydrogen-bond donors (Lipinski definition) is 0. The summed E-state index contributed by atoms with van der Waals surface area (Å²) in [5.41, 5.74) is 24.5. The van der Waals surface area contributed by atoms with Crippen LogP contribution in [0, 0.1) is 13.8 Å². The van der Waals surface area contributed by atoms with Crippen LogP contribution in [-0.2, 0) is 10.8 Å². The molecule has 384 valence electrons. The van der Waals surface area contributed by atoms with Crippen LogP contribution in [0.25, 0.3) is 78.9 Å². The molecular weight excluding hydrogens is 965 g/mol. The van der Waals surface area contributed by atoms with Crippen molar-refractivity contribution in [1.82, 2.24) is 0 Å². The summed E-state index contributed by atoms with van der Waals surface area (Å²) in [5, 5.41) is 7.62. The summed E-state index contributed by atoms with van der Waals surface area (Å²) in [6.45, 7) is 13.8. The van der Waals surface area contributed by atoms with Crippen molar-refractivity contribution in [2.24, 2.45) is 0 Å². The predicted molar refractivity (Wildman–Crippen MR) is 344 cm³/mol. The molecule has 0 amide bonds. The first kappa shape index (κ1) is 48.8. The zero-order valence-electron chi connectivity index (χ0n) is 46.3. The maximum atomic E-state index is 2.41. The molecule has 2 heteroatoms. The molecule has 12 aromatic rings. The van der Waals surface area contributed by atoms with E-state index in [1.165, 1.54) is 122 Å². The van der Waals surface area contributed by atoms with Crippen LogP contribution in [0.3, 0.4) is 0 Å². The lowest BCUT2D eigenvalue weighted by Gasteiger charge is -2.28. The molecule has 2 nitrogen and oxygen atoms in total. The van der Waals surface area contributed by atoms with Crippen LogP contribution in [-0.4, -0.2) is 0 Å². The number of rotatable bonds is 10. The van der Waals surface area contributed by atoms with Gasteiger partial charge in [-0.15, -0.1) is 0 Å². The molecule has 0 aromatic heterocycles. The fourth-order valence-corrected chi connectivity index (χ4v) is 13.1. The van der Waals surface area contributed by atoms with Gasteiger partial charge in [0.15, 0.2) is 0 Å². The van der Waals surface area contributed by atoms with Gasteiger partial charge in [0.2, 0.25) is 0 Å². The topological polar surface area (TPSA) is 6.48 Å². The molecule has 80 heavy (non-hydrogen) atoms. The van der Waals surface area contributed by atoms with Crippen LogP contribution in [0.5, 0.6) is 0 Å². The van der Waals surface area contributed by atoms with Crippen molar-refractivity contribution < 1.29 is 0 Å². The summed E-state index contributed by atoms with van der Waals surface area (Å²) in [7, 11) is 0.